The number of nitrogens with zero attached hydrogens (tertiary/aromatic N) is 1. The third-order valence-corrected chi connectivity index (χ3v) is 3.40. The highest BCUT2D eigenvalue weighted by molar-refractivity contribution is 6.30. The van der Waals surface area contributed by atoms with Crippen LogP contribution in [0.15, 0.2) is 36.5 Å². The van der Waals surface area contributed by atoms with Crippen LogP contribution in [0.4, 0.5) is 5.69 Å². The number of amides is 2. The van der Waals surface area contributed by atoms with Gasteiger partial charge in [-0.1, -0.05) is 17.7 Å². The number of rotatable bonds is 4. The van der Waals surface area contributed by atoms with Crippen molar-refractivity contribution in [1.29, 1.82) is 0 Å². The SMILES string of the molecule is CC(C)(C)NC(=O)c1cc(NC(=O)Cc2ccc(Cl)cc2O)ccn1. The molecule has 2 amide bonds. The molecular formula is C18H20ClN3O3. The number of pyridine rings is 1. The minimum absolute atomic E-state index is 0.0190. The molecule has 0 bridgehead atoms. The number of aromatic nitrogens is 1. The molecule has 2 rings (SSSR count). The first-order chi connectivity index (χ1) is 11.6. The van der Waals surface area contributed by atoms with Gasteiger partial charge in [-0.2, -0.15) is 0 Å². The summed E-state index contributed by atoms with van der Waals surface area (Å²) in [5, 5.41) is 15.7. The molecule has 0 aliphatic heterocycles. The molecule has 0 spiro atoms. The molecule has 1 aromatic carbocycles. The number of nitrogens with one attached hydrogen (secondary N) is 2. The van der Waals surface area contributed by atoms with Crippen LogP contribution in [0, 0.1) is 0 Å². The zero-order valence-electron chi connectivity index (χ0n) is 14.3. The van der Waals surface area contributed by atoms with Crippen molar-refractivity contribution in [3.8, 4) is 5.75 Å². The maximum absolute atomic E-state index is 12.2. The Balaban J connectivity index is 2.06. The predicted molar refractivity (Wildman–Crippen MR) is 96.9 cm³/mol. The first kappa shape index (κ1) is 18.7. The molecule has 6 nitrogen and oxygen atoms in total. The highest BCUT2D eigenvalue weighted by atomic mass is 35.5. The minimum Gasteiger partial charge on any atom is -0.508 e. The van der Waals surface area contributed by atoms with Crippen LogP contribution in [0.25, 0.3) is 0 Å². The molecule has 132 valence electrons. The van der Waals surface area contributed by atoms with Crippen molar-refractivity contribution in [1.82, 2.24) is 10.3 Å². The van der Waals surface area contributed by atoms with Crippen LogP contribution < -0.4 is 10.6 Å². The Labute approximate surface area is 151 Å². The van der Waals surface area contributed by atoms with Crippen LogP contribution >= 0.6 is 11.6 Å². The highest BCUT2D eigenvalue weighted by Crippen LogP contribution is 2.22. The summed E-state index contributed by atoms with van der Waals surface area (Å²) in [6.45, 7) is 5.61. The zero-order valence-corrected chi connectivity index (χ0v) is 15.0. The Morgan fingerprint density at radius 1 is 1.20 bits per heavy atom. The van der Waals surface area contributed by atoms with Crippen molar-refractivity contribution < 1.29 is 14.7 Å². The number of carbonyl (C=O) groups excluding carboxylic acids is 2. The standard InChI is InChI=1S/C18H20ClN3O3/c1-18(2,3)22-17(25)14-10-13(6-7-20-14)21-16(24)8-11-4-5-12(19)9-15(11)23/h4-7,9-10,23H,8H2,1-3H3,(H,22,25)(H,20,21,24). The molecule has 1 heterocycles. The Bertz CT molecular complexity index is 800. The lowest BCUT2D eigenvalue weighted by Crippen LogP contribution is -2.40. The lowest BCUT2D eigenvalue weighted by molar-refractivity contribution is -0.115. The number of benzene rings is 1. The summed E-state index contributed by atoms with van der Waals surface area (Å²) < 4.78 is 0. The van der Waals surface area contributed by atoms with E-state index in [0.717, 1.165) is 0 Å². The smallest absolute Gasteiger partial charge is 0.270 e. The molecule has 7 heteroatoms. The molecule has 1 aromatic heterocycles. The molecule has 25 heavy (non-hydrogen) atoms. The lowest BCUT2D eigenvalue weighted by atomic mass is 10.1. The van der Waals surface area contributed by atoms with Gasteiger partial charge in [0.2, 0.25) is 5.91 Å². The number of hydrogen-bond donors (Lipinski definition) is 3. The van der Waals surface area contributed by atoms with E-state index >= 15 is 0 Å². The summed E-state index contributed by atoms with van der Waals surface area (Å²) in [5.41, 5.74) is 0.737. The van der Waals surface area contributed by atoms with Gasteiger partial charge in [0.1, 0.15) is 11.4 Å². The first-order valence-electron chi connectivity index (χ1n) is 7.70. The molecule has 0 saturated carbocycles. The highest BCUT2D eigenvalue weighted by Gasteiger charge is 2.17. The Morgan fingerprint density at radius 3 is 2.56 bits per heavy atom. The van der Waals surface area contributed by atoms with Gasteiger partial charge in [-0.3, -0.25) is 14.6 Å². The summed E-state index contributed by atoms with van der Waals surface area (Å²) in [7, 11) is 0. The molecular weight excluding hydrogens is 342 g/mol. The second-order valence-electron chi connectivity index (χ2n) is 6.63. The molecule has 0 fully saturated rings. The first-order valence-corrected chi connectivity index (χ1v) is 8.08. The fourth-order valence-corrected chi connectivity index (χ4v) is 2.27. The fourth-order valence-electron chi connectivity index (χ4n) is 2.10. The number of hydrogen-bond acceptors (Lipinski definition) is 4. The van der Waals surface area contributed by atoms with Gasteiger partial charge in [-0.05, 0) is 45.0 Å². The van der Waals surface area contributed by atoms with Crippen molar-refractivity contribution in [3.63, 3.8) is 0 Å². The van der Waals surface area contributed by atoms with Crippen molar-refractivity contribution >= 4 is 29.1 Å². The molecule has 0 radical (unpaired) electrons. The van der Waals surface area contributed by atoms with Gasteiger partial charge >= 0.3 is 0 Å². The molecule has 3 N–H and O–H groups in total. The molecule has 0 saturated heterocycles. The summed E-state index contributed by atoms with van der Waals surface area (Å²) in [4.78, 5) is 28.3. The number of aromatic hydroxyl groups is 1. The average molecular weight is 362 g/mol. The third kappa shape index (κ3) is 5.76. The topological polar surface area (TPSA) is 91.3 Å². The largest absolute Gasteiger partial charge is 0.508 e. The Morgan fingerprint density at radius 2 is 1.92 bits per heavy atom. The van der Waals surface area contributed by atoms with Crippen molar-refractivity contribution in [3.05, 3.63) is 52.8 Å². The monoisotopic (exact) mass is 361 g/mol. The number of phenols is 1. The van der Waals surface area contributed by atoms with Crippen molar-refractivity contribution in [2.24, 2.45) is 0 Å². The van der Waals surface area contributed by atoms with Crippen molar-refractivity contribution in [2.45, 2.75) is 32.7 Å². The van der Waals surface area contributed by atoms with Gasteiger partial charge in [-0.15, -0.1) is 0 Å². The summed E-state index contributed by atoms with van der Waals surface area (Å²) >= 11 is 5.77. The molecule has 0 aliphatic carbocycles. The van der Waals surface area contributed by atoms with E-state index in [2.05, 4.69) is 15.6 Å². The van der Waals surface area contributed by atoms with E-state index < -0.39 is 0 Å². The minimum atomic E-state index is -0.385. The van der Waals surface area contributed by atoms with E-state index in [-0.39, 0.29) is 35.2 Å². The van der Waals surface area contributed by atoms with E-state index in [1.54, 1.807) is 18.2 Å². The molecule has 0 unspecified atom stereocenters. The van der Waals surface area contributed by atoms with Gasteiger partial charge in [0.25, 0.3) is 5.91 Å². The normalized spacial score (nSPS) is 11.0. The zero-order chi connectivity index (χ0) is 18.6. The van der Waals surface area contributed by atoms with Crippen LogP contribution in [0.5, 0.6) is 5.75 Å². The third-order valence-electron chi connectivity index (χ3n) is 3.16. The molecule has 2 aromatic rings. The number of halogens is 1. The van der Waals surface area contributed by atoms with Gasteiger partial charge < -0.3 is 15.7 Å². The molecule has 0 aliphatic rings. The van der Waals surface area contributed by atoms with E-state index in [1.807, 2.05) is 20.8 Å². The summed E-state index contributed by atoms with van der Waals surface area (Å²) in [6.07, 6.45) is 1.43. The van der Waals surface area contributed by atoms with E-state index in [4.69, 9.17) is 11.6 Å². The number of anilines is 1. The number of phenolic OH excluding ortho intramolecular Hbond substituents is 1. The second kappa shape index (κ2) is 7.53. The van der Waals surface area contributed by atoms with Crippen LogP contribution in [-0.4, -0.2) is 27.4 Å². The lowest BCUT2D eigenvalue weighted by Gasteiger charge is -2.20. The quantitative estimate of drug-likeness (QED) is 0.780. The van der Waals surface area contributed by atoms with E-state index in [0.29, 0.717) is 16.3 Å². The van der Waals surface area contributed by atoms with Gasteiger partial charge in [-0.25, -0.2) is 0 Å². The van der Waals surface area contributed by atoms with Gasteiger partial charge in [0.15, 0.2) is 0 Å². The molecule has 0 atom stereocenters. The van der Waals surface area contributed by atoms with Crippen LogP contribution in [-0.2, 0) is 11.2 Å². The Kier molecular flexibility index (Phi) is 5.64. The van der Waals surface area contributed by atoms with E-state index in [9.17, 15) is 14.7 Å². The fraction of sp³-hybridized carbons (Fsp3) is 0.278. The second-order valence-corrected chi connectivity index (χ2v) is 7.07. The van der Waals surface area contributed by atoms with Crippen LogP contribution in [0.2, 0.25) is 5.02 Å². The van der Waals surface area contributed by atoms with Gasteiger partial charge in [0, 0.05) is 28.0 Å². The van der Waals surface area contributed by atoms with E-state index in [1.165, 1.54) is 18.3 Å². The summed E-state index contributed by atoms with van der Waals surface area (Å²) in [5.74, 6) is -0.687. The Hall–Kier alpha value is -2.60. The maximum Gasteiger partial charge on any atom is 0.270 e. The predicted octanol–water partition coefficient (Wildman–Crippen LogP) is 3.15. The van der Waals surface area contributed by atoms with Crippen LogP contribution in [0.1, 0.15) is 36.8 Å². The maximum atomic E-state index is 12.2. The summed E-state index contributed by atoms with van der Waals surface area (Å²) in [6, 6.07) is 7.66. The van der Waals surface area contributed by atoms with Gasteiger partial charge in [0.05, 0.1) is 6.42 Å². The average Bonchev–Trinajstić information content (AvgIpc) is 2.48. The van der Waals surface area contributed by atoms with Crippen molar-refractivity contribution in [2.75, 3.05) is 5.32 Å². The number of carbonyl (C=O) groups is 2. The van der Waals surface area contributed by atoms with Crippen LogP contribution in [0.3, 0.4) is 0 Å².